The van der Waals surface area contributed by atoms with Gasteiger partial charge in [-0.2, -0.15) is 0 Å². The quantitative estimate of drug-likeness (QED) is 0.167. The molecule has 0 N–H and O–H groups in total. The Hall–Kier alpha value is -7.99. The summed E-state index contributed by atoms with van der Waals surface area (Å²) in [6, 6.07) is 71.4. The molecule has 1 aliphatic rings. The monoisotopic (exact) mass is 849 g/mol. The number of rotatable bonds is 6. The van der Waals surface area contributed by atoms with Crippen LogP contribution in [0, 0.1) is 0 Å². The molecule has 5 heteroatoms. The Morgan fingerprint density at radius 1 is 0.354 bits per heavy atom. The Labute approximate surface area is 380 Å². The lowest BCUT2D eigenvalue weighted by Gasteiger charge is -2.21. The number of hydrogen-bond acceptors (Lipinski definition) is 5. The predicted molar refractivity (Wildman–Crippen MR) is 270 cm³/mol. The van der Waals surface area contributed by atoms with Crippen LogP contribution >= 0.6 is 11.3 Å². The third-order valence-corrected chi connectivity index (χ3v) is 14.5. The highest BCUT2D eigenvalue weighted by Gasteiger charge is 2.35. The Balaban J connectivity index is 0.912. The first-order chi connectivity index (χ1) is 31.9. The number of aromatic nitrogens is 3. The van der Waals surface area contributed by atoms with Gasteiger partial charge in [-0.25, -0.2) is 15.0 Å². The molecule has 65 heavy (non-hydrogen) atoms. The first-order valence-electron chi connectivity index (χ1n) is 22.1. The molecule has 1 aliphatic carbocycles. The minimum absolute atomic E-state index is 0.0117. The molecule has 0 atom stereocenters. The highest BCUT2D eigenvalue weighted by atomic mass is 32.1. The summed E-state index contributed by atoms with van der Waals surface area (Å²) in [6.07, 6.45) is 0. The van der Waals surface area contributed by atoms with Gasteiger partial charge in [0.2, 0.25) is 0 Å². The van der Waals surface area contributed by atoms with Gasteiger partial charge in [0.05, 0.1) is 0 Å². The third-order valence-electron chi connectivity index (χ3n) is 13.4. The smallest absolute Gasteiger partial charge is 0.164 e. The van der Waals surface area contributed by atoms with Gasteiger partial charge in [0.25, 0.3) is 0 Å². The predicted octanol–water partition coefficient (Wildman–Crippen LogP) is 16.4. The van der Waals surface area contributed by atoms with Crippen LogP contribution in [0.5, 0.6) is 0 Å². The minimum atomic E-state index is -0.0117. The van der Waals surface area contributed by atoms with E-state index in [2.05, 4.69) is 196 Å². The second-order valence-corrected chi connectivity index (χ2v) is 18.6. The van der Waals surface area contributed by atoms with E-state index < -0.39 is 0 Å². The Bertz CT molecular complexity index is 3840. The van der Waals surface area contributed by atoms with Crippen molar-refractivity contribution in [3.8, 4) is 78.7 Å². The third kappa shape index (κ3) is 6.15. The fourth-order valence-corrected chi connectivity index (χ4v) is 11.2. The summed E-state index contributed by atoms with van der Waals surface area (Å²) in [5.74, 6) is 1.83. The number of thiophene rings is 1. The number of hydrogen-bond donors (Lipinski definition) is 0. The second kappa shape index (κ2) is 14.5. The van der Waals surface area contributed by atoms with Crippen LogP contribution in [0.1, 0.15) is 25.0 Å². The molecule has 0 radical (unpaired) electrons. The summed E-state index contributed by atoms with van der Waals surface area (Å²) < 4.78 is 9.01. The molecule has 0 bridgehead atoms. The van der Waals surface area contributed by atoms with E-state index in [9.17, 15) is 0 Å². The molecule has 0 spiro atoms. The SMILES string of the molecule is CC1(C)c2ccccc2-c2cc(-c3ccc(-c4ccc5oc6cccc(-c7nc(-c8ccc(-c9ccccc9)cc8)nc(-c8ccc9c(c8)sc8ccccc89)n7)c6c5c4)cc3)ccc21. The van der Waals surface area contributed by atoms with Crippen molar-refractivity contribution >= 4 is 53.4 Å². The molecule has 3 aromatic heterocycles. The van der Waals surface area contributed by atoms with Gasteiger partial charge in [-0.15, -0.1) is 11.3 Å². The highest BCUT2D eigenvalue weighted by Crippen LogP contribution is 2.49. The Morgan fingerprint density at radius 3 is 1.74 bits per heavy atom. The first kappa shape index (κ1) is 37.6. The largest absolute Gasteiger partial charge is 0.456 e. The van der Waals surface area contributed by atoms with Crippen molar-refractivity contribution in [1.29, 1.82) is 0 Å². The lowest BCUT2D eigenvalue weighted by atomic mass is 9.82. The van der Waals surface area contributed by atoms with E-state index in [0.717, 1.165) is 60.9 Å². The highest BCUT2D eigenvalue weighted by molar-refractivity contribution is 7.25. The van der Waals surface area contributed by atoms with E-state index in [0.29, 0.717) is 17.5 Å². The fraction of sp³-hybridized carbons (Fsp3) is 0.0500. The standard InChI is InChI=1S/C60H39N3OS/c1-60(2)50-16-8-6-13-44(50)48-33-41(28-31-51(48)60)38-19-21-39(22-20-38)42-29-32-52-49(34-42)56-47(15-10-17-53(56)64-52)59-62-57(40-25-23-37(24-26-40)36-11-4-3-5-12-36)61-58(63-59)43-27-30-46-45-14-7-9-18-54(45)65-55(46)35-43/h3-35H,1-2H3. The molecule has 0 saturated carbocycles. The molecule has 0 unspecified atom stereocenters. The van der Waals surface area contributed by atoms with E-state index in [1.165, 1.54) is 53.6 Å². The molecular weight excluding hydrogens is 811 g/mol. The second-order valence-electron chi connectivity index (χ2n) is 17.6. The topological polar surface area (TPSA) is 51.8 Å². The lowest BCUT2D eigenvalue weighted by Crippen LogP contribution is -2.14. The van der Waals surface area contributed by atoms with Gasteiger partial charge < -0.3 is 4.42 Å². The van der Waals surface area contributed by atoms with Crippen molar-refractivity contribution in [2.45, 2.75) is 19.3 Å². The van der Waals surface area contributed by atoms with Gasteiger partial charge in [0, 0.05) is 53.1 Å². The Kier molecular flexibility index (Phi) is 8.39. The van der Waals surface area contributed by atoms with E-state index in [-0.39, 0.29) is 5.41 Å². The first-order valence-corrected chi connectivity index (χ1v) is 22.9. The number of nitrogens with zero attached hydrogens (tertiary/aromatic N) is 3. The van der Waals surface area contributed by atoms with E-state index in [4.69, 9.17) is 19.4 Å². The van der Waals surface area contributed by atoms with Crippen LogP contribution < -0.4 is 0 Å². The molecule has 0 fully saturated rings. The lowest BCUT2D eigenvalue weighted by molar-refractivity contribution is 0.660. The van der Waals surface area contributed by atoms with Crippen molar-refractivity contribution < 1.29 is 4.42 Å². The van der Waals surface area contributed by atoms with Crippen LogP contribution in [0.25, 0.3) is 121 Å². The molecule has 9 aromatic carbocycles. The van der Waals surface area contributed by atoms with Crippen LogP contribution in [-0.4, -0.2) is 15.0 Å². The zero-order valence-electron chi connectivity index (χ0n) is 35.7. The molecule has 0 aliphatic heterocycles. The van der Waals surface area contributed by atoms with Crippen molar-refractivity contribution in [2.24, 2.45) is 0 Å². The molecule has 4 nitrogen and oxygen atoms in total. The maximum atomic E-state index is 6.55. The fourth-order valence-electron chi connectivity index (χ4n) is 10.0. The van der Waals surface area contributed by atoms with Crippen LogP contribution in [-0.2, 0) is 5.41 Å². The van der Waals surface area contributed by atoms with Crippen molar-refractivity contribution in [2.75, 3.05) is 0 Å². The normalized spacial score (nSPS) is 12.9. The summed E-state index contributed by atoms with van der Waals surface area (Å²) in [6.45, 7) is 4.65. The minimum Gasteiger partial charge on any atom is -0.456 e. The zero-order chi connectivity index (χ0) is 43.2. The van der Waals surface area contributed by atoms with Gasteiger partial charge in [-0.1, -0.05) is 178 Å². The summed E-state index contributed by atoms with van der Waals surface area (Å²) >= 11 is 1.79. The van der Waals surface area contributed by atoms with Crippen LogP contribution in [0.15, 0.2) is 205 Å². The summed E-state index contributed by atoms with van der Waals surface area (Å²) in [4.78, 5) is 15.7. The maximum absolute atomic E-state index is 6.55. The Morgan fingerprint density at radius 2 is 0.923 bits per heavy atom. The van der Waals surface area contributed by atoms with Gasteiger partial charge in [0.1, 0.15) is 11.2 Å². The molecule has 13 rings (SSSR count). The van der Waals surface area contributed by atoms with Gasteiger partial charge >= 0.3 is 0 Å². The van der Waals surface area contributed by atoms with Crippen LogP contribution in [0.2, 0.25) is 0 Å². The van der Waals surface area contributed by atoms with Gasteiger partial charge in [-0.05, 0) is 92.0 Å². The van der Waals surface area contributed by atoms with Crippen molar-refractivity contribution in [3.05, 3.63) is 211 Å². The van der Waals surface area contributed by atoms with E-state index >= 15 is 0 Å². The molecule has 0 saturated heterocycles. The van der Waals surface area contributed by atoms with E-state index in [1.807, 2.05) is 18.2 Å². The number of benzene rings is 9. The summed E-state index contributed by atoms with van der Waals surface area (Å²) in [5.41, 5.74) is 16.7. The average molecular weight is 850 g/mol. The van der Waals surface area contributed by atoms with Crippen LogP contribution in [0.3, 0.4) is 0 Å². The van der Waals surface area contributed by atoms with Gasteiger partial charge in [-0.3, -0.25) is 0 Å². The maximum Gasteiger partial charge on any atom is 0.164 e. The van der Waals surface area contributed by atoms with Crippen molar-refractivity contribution in [3.63, 3.8) is 0 Å². The van der Waals surface area contributed by atoms with E-state index in [1.54, 1.807) is 11.3 Å². The van der Waals surface area contributed by atoms with Crippen LogP contribution in [0.4, 0.5) is 0 Å². The van der Waals surface area contributed by atoms with Gasteiger partial charge in [0.15, 0.2) is 17.5 Å². The van der Waals surface area contributed by atoms with Crippen molar-refractivity contribution in [1.82, 2.24) is 15.0 Å². The summed E-state index contributed by atoms with van der Waals surface area (Å²) in [7, 11) is 0. The molecule has 0 amide bonds. The molecule has 306 valence electrons. The summed E-state index contributed by atoms with van der Waals surface area (Å²) in [5, 5.41) is 4.49. The molecule has 12 aromatic rings. The number of fused-ring (bicyclic) bond motifs is 9. The molecular formula is C60H39N3OS. The number of furan rings is 1. The average Bonchev–Trinajstić information content (AvgIpc) is 4.01. The molecule has 3 heterocycles. The zero-order valence-corrected chi connectivity index (χ0v) is 36.5.